The summed E-state index contributed by atoms with van der Waals surface area (Å²) in [7, 11) is 0. The Bertz CT molecular complexity index is 422. The molecule has 0 saturated carbocycles. The summed E-state index contributed by atoms with van der Waals surface area (Å²) < 4.78 is 37.5. The van der Waals surface area contributed by atoms with Crippen LogP contribution in [0.2, 0.25) is 0 Å². The van der Waals surface area contributed by atoms with E-state index in [4.69, 9.17) is 0 Å². The molecule has 0 N–H and O–H groups in total. The van der Waals surface area contributed by atoms with Gasteiger partial charge in [-0.15, -0.1) is 0 Å². The van der Waals surface area contributed by atoms with E-state index < -0.39 is 12.6 Å². The number of benzene rings is 1. The largest absolute Gasteiger partial charge is 0.393 e. The molecule has 1 rings (SSSR count). The van der Waals surface area contributed by atoms with Crippen molar-refractivity contribution in [3.05, 3.63) is 53.6 Å². The average molecular weight is 254 g/mol. The van der Waals surface area contributed by atoms with Crippen LogP contribution in [0, 0.1) is 6.92 Å². The lowest BCUT2D eigenvalue weighted by Gasteiger charge is -2.10. The number of allylic oxidation sites excluding steroid dienone is 4. The Morgan fingerprint density at radius 1 is 1.17 bits per heavy atom. The van der Waals surface area contributed by atoms with Crippen molar-refractivity contribution in [2.45, 2.75) is 32.9 Å². The van der Waals surface area contributed by atoms with Gasteiger partial charge in [0, 0.05) is 0 Å². The molecule has 1 aromatic carbocycles. The van der Waals surface area contributed by atoms with Gasteiger partial charge in [-0.1, -0.05) is 55.0 Å². The van der Waals surface area contributed by atoms with E-state index in [2.05, 4.69) is 0 Å². The molecule has 0 heterocycles. The number of aryl methyl sites for hydroxylation is 1. The van der Waals surface area contributed by atoms with Gasteiger partial charge in [0.2, 0.25) is 0 Å². The predicted octanol–water partition coefficient (Wildman–Crippen LogP) is 5.30. The highest BCUT2D eigenvalue weighted by Crippen LogP contribution is 2.30. The molecule has 0 aromatic heterocycles. The molecule has 0 spiro atoms. The van der Waals surface area contributed by atoms with Crippen LogP contribution in [0.5, 0.6) is 0 Å². The fraction of sp³-hybridized carbons (Fsp3) is 0.333. The second kappa shape index (κ2) is 6.43. The Labute approximate surface area is 106 Å². The summed E-state index contributed by atoms with van der Waals surface area (Å²) in [6.07, 6.45) is 0.789. The molecular formula is C15H17F3. The van der Waals surface area contributed by atoms with E-state index in [0.29, 0.717) is 11.1 Å². The Hall–Kier alpha value is -1.51. The Balaban J connectivity index is 3.00. The van der Waals surface area contributed by atoms with E-state index in [9.17, 15) is 13.2 Å². The molecule has 0 nitrogen and oxygen atoms in total. The molecule has 0 unspecified atom stereocenters. The highest BCUT2D eigenvalue weighted by molar-refractivity contribution is 5.67. The van der Waals surface area contributed by atoms with Crippen molar-refractivity contribution in [1.29, 1.82) is 0 Å². The van der Waals surface area contributed by atoms with Crippen molar-refractivity contribution in [2.24, 2.45) is 0 Å². The maximum atomic E-state index is 12.5. The topological polar surface area (TPSA) is 0 Å². The van der Waals surface area contributed by atoms with Gasteiger partial charge in [-0.3, -0.25) is 0 Å². The first-order chi connectivity index (χ1) is 8.42. The van der Waals surface area contributed by atoms with E-state index in [1.807, 2.05) is 32.1 Å². The van der Waals surface area contributed by atoms with Crippen molar-refractivity contribution in [1.82, 2.24) is 0 Å². The van der Waals surface area contributed by atoms with E-state index in [1.165, 1.54) is 0 Å². The molecule has 0 aliphatic carbocycles. The Morgan fingerprint density at radius 3 is 2.28 bits per heavy atom. The van der Waals surface area contributed by atoms with Gasteiger partial charge in [0.05, 0.1) is 6.42 Å². The molecule has 0 fully saturated rings. The lowest BCUT2D eigenvalue weighted by molar-refractivity contribution is -0.123. The van der Waals surface area contributed by atoms with Crippen molar-refractivity contribution < 1.29 is 13.2 Å². The van der Waals surface area contributed by atoms with Crippen molar-refractivity contribution in [3.8, 4) is 0 Å². The second-order valence-electron chi connectivity index (χ2n) is 4.19. The predicted molar refractivity (Wildman–Crippen MR) is 69.3 cm³/mol. The standard InChI is InChI=1S/C15H17F3/c1-3-4-5-6-14(11-15(16,17)18)13-9-7-12(2)8-10-13/h4-10H,3,11H2,1-2H3/b5-4-,14-6+. The molecule has 3 heteroatoms. The van der Waals surface area contributed by atoms with E-state index in [0.717, 1.165) is 12.0 Å². The smallest absolute Gasteiger partial charge is 0.171 e. The minimum absolute atomic E-state index is 0.298. The van der Waals surface area contributed by atoms with Gasteiger partial charge in [-0.25, -0.2) is 0 Å². The SMILES string of the molecule is CC/C=C\C=C(/CC(F)(F)F)c1ccc(C)cc1. The van der Waals surface area contributed by atoms with E-state index in [-0.39, 0.29) is 0 Å². The van der Waals surface area contributed by atoms with Crippen LogP contribution in [-0.2, 0) is 0 Å². The maximum absolute atomic E-state index is 12.5. The van der Waals surface area contributed by atoms with Gasteiger partial charge in [-0.05, 0) is 24.5 Å². The van der Waals surface area contributed by atoms with Crippen LogP contribution < -0.4 is 0 Å². The fourth-order valence-corrected chi connectivity index (χ4v) is 1.56. The Morgan fingerprint density at radius 2 is 1.78 bits per heavy atom. The van der Waals surface area contributed by atoms with E-state index in [1.54, 1.807) is 24.3 Å². The van der Waals surface area contributed by atoms with Crippen LogP contribution in [0.25, 0.3) is 5.57 Å². The zero-order valence-electron chi connectivity index (χ0n) is 10.6. The van der Waals surface area contributed by atoms with Crippen molar-refractivity contribution in [2.75, 3.05) is 0 Å². The highest BCUT2D eigenvalue weighted by atomic mass is 19.4. The molecule has 0 atom stereocenters. The zero-order chi connectivity index (χ0) is 13.6. The van der Waals surface area contributed by atoms with E-state index >= 15 is 0 Å². The lowest BCUT2D eigenvalue weighted by Crippen LogP contribution is -2.08. The first-order valence-electron chi connectivity index (χ1n) is 5.92. The number of alkyl halides is 3. The molecule has 1 aromatic rings. The normalized spacial score (nSPS) is 13.3. The fourth-order valence-electron chi connectivity index (χ4n) is 1.56. The van der Waals surface area contributed by atoms with Gasteiger partial charge in [0.25, 0.3) is 0 Å². The quantitative estimate of drug-likeness (QED) is 0.640. The lowest BCUT2D eigenvalue weighted by atomic mass is 10.0. The van der Waals surface area contributed by atoms with Crippen LogP contribution in [0.15, 0.2) is 42.5 Å². The summed E-state index contributed by atoms with van der Waals surface area (Å²) in [4.78, 5) is 0. The number of hydrogen-bond donors (Lipinski definition) is 0. The molecule has 0 radical (unpaired) electrons. The molecule has 0 saturated heterocycles. The van der Waals surface area contributed by atoms with Gasteiger partial charge in [0.1, 0.15) is 0 Å². The van der Waals surface area contributed by atoms with Gasteiger partial charge in [-0.2, -0.15) is 13.2 Å². The maximum Gasteiger partial charge on any atom is 0.393 e. The Kier molecular flexibility index (Phi) is 5.20. The molecule has 0 aliphatic heterocycles. The van der Waals surface area contributed by atoms with Crippen molar-refractivity contribution >= 4 is 5.57 Å². The minimum Gasteiger partial charge on any atom is -0.171 e. The third kappa shape index (κ3) is 5.21. The summed E-state index contributed by atoms with van der Waals surface area (Å²) in [6.45, 7) is 3.85. The molecule has 98 valence electrons. The monoisotopic (exact) mass is 254 g/mol. The average Bonchev–Trinajstić information content (AvgIpc) is 2.27. The van der Waals surface area contributed by atoms with Crippen LogP contribution in [0.1, 0.15) is 30.9 Å². The number of hydrogen-bond acceptors (Lipinski definition) is 0. The van der Waals surface area contributed by atoms with Gasteiger partial charge < -0.3 is 0 Å². The van der Waals surface area contributed by atoms with Crippen LogP contribution >= 0.6 is 0 Å². The number of halogens is 3. The zero-order valence-corrected chi connectivity index (χ0v) is 10.6. The molecule has 0 amide bonds. The minimum atomic E-state index is -4.18. The third-order valence-electron chi connectivity index (χ3n) is 2.48. The van der Waals surface area contributed by atoms with Crippen LogP contribution in [0.4, 0.5) is 13.2 Å². The molecule has 0 aliphatic rings. The van der Waals surface area contributed by atoms with Crippen molar-refractivity contribution in [3.63, 3.8) is 0 Å². The molecular weight excluding hydrogens is 237 g/mol. The second-order valence-corrected chi connectivity index (χ2v) is 4.19. The van der Waals surface area contributed by atoms with Gasteiger partial charge in [0.15, 0.2) is 0 Å². The summed E-state index contributed by atoms with van der Waals surface area (Å²) >= 11 is 0. The summed E-state index contributed by atoms with van der Waals surface area (Å²) in [5.41, 5.74) is 1.96. The van der Waals surface area contributed by atoms with Crippen LogP contribution in [-0.4, -0.2) is 6.18 Å². The third-order valence-corrected chi connectivity index (χ3v) is 2.48. The molecule has 18 heavy (non-hydrogen) atoms. The van der Waals surface area contributed by atoms with Gasteiger partial charge >= 0.3 is 6.18 Å². The molecule has 0 bridgehead atoms. The summed E-state index contributed by atoms with van der Waals surface area (Å²) in [5.74, 6) is 0. The van der Waals surface area contributed by atoms with Crippen LogP contribution in [0.3, 0.4) is 0 Å². The first-order valence-corrected chi connectivity index (χ1v) is 5.92. The summed E-state index contributed by atoms with van der Waals surface area (Å²) in [5, 5.41) is 0. The first kappa shape index (κ1) is 14.6. The summed E-state index contributed by atoms with van der Waals surface area (Å²) in [6, 6.07) is 7.10. The highest BCUT2D eigenvalue weighted by Gasteiger charge is 2.29. The number of rotatable bonds is 4.